The molecule has 22 heavy (non-hydrogen) atoms. The molecule has 2 atom stereocenters. The minimum absolute atomic E-state index is 0.0903. The Balaban J connectivity index is 1.57. The van der Waals surface area contributed by atoms with E-state index in [4.69, 9.17) is 4.74 Å². The van der Waals surface area contributed by atoms with Gasteiger partial charge >= 0.3 is 6.09 Å². The van der Waals surface area contributed by atoms with E-state index in [-0.39, 0.29) is 30.6 Å². The van der Waals surface area contributed by atoms with Crippen molar-refractivity contribution < 1.29 is 14.3 Å². The molecule has 5 nitrogen and oxygen atoms in total. The van der Waals surface area contributed by atoms with Crippen molar-refractivity contribution in [3.8, 4) is 0 Å². The van der Waals surface area contributed by atoms with Gasteiger partial charge in [0.05, 0.1) is 12.1 Å². The summed E-state index contributed by atoms with van der Waals surface area (Å²) in [5, 5.41) is 3.22. The minimum Gasteiger partial charge on any atom is -0.445 e. The number of rotatable bonds is 4. The molecule has 0 radical (unpaired) electrons. The summed E-state index contributed by atoms with van der Waals surface area (Å²) >= 11 is 0. The third-order valence-corrected chi connectivity index (χ3v) is 4.42. The number of hydrogen-bond acceptors (Lipinski definition) is 4. The Bertz CT molecular complexity index is 526. The van der Waals surface area contributed by atoms with Gasteiger partial charge in [-0.15, -0.1) is 0 Å². The van der Waals surface area contributed by atoms with Crippen LogP contribution in [0.4, 0.5) is 4.79 Å². The molecule has 2 saturated heterocycles. The molecule has 2 heterocycles. The molecule has 2 fully saturated rings. The number of ketones is 1. The molecule has 118 valence electrons. The molecule has 2 aliphatic rings. The topological polar surface area (TPSA) is 58.6 Å². The summed E-state index contributed by atoms with van der Waals surface area (Å²) in [5.41, 5.74) is 0.954. The van der Waals surface area contributed by atoms with Gasteiger partial charge in [-0.05, 0) is 37.8 Å². The lowest BCUT2D eigenvalue weighted by molar-refractivity contribution is -0.124. The normalized spacial score (nSPS) is 24.5. The smallest absolute Gasteiger partial charge is 0.410 e. The van der Waals surface area contributed by atoms with Gasteiger partial charge in [-0.1, -0.05) is 30.3 Å². The van der Waals surface area contributed by atoms with Crippen LogP contribution >= 0.6 is 0 Å². The number of hydrogen-bond donors (Lipinski definition) is 1. The predicted molar refractivity (Wildman–Crippen MR) is 82.4 cm³/mol. The van der Waals surface area contributed by atoms with Crippen LogP contribution in [0.3, 0.4) is 0 Å². The highest BCUT2D eigenvalue weighted by atomic mass is 16.6. The number of ether oxygens (including phenoxy) is 1. The van der Waals surface area contributed by atoms with Gasteiger partial charge < -0.3 is 10.1 Å². The van der Waals surface area contributed by atoms with Gasteiger partial charge in [0.25, 0.3) is 0 Å². The Labute approximate surface area is 130 Å². The molecule has 1 amide bonds. The maximum Gasteiger partial charge on any atom is 0.410 e. The molecule has 3 rings (SSSR count). The summed E-state index contributed by atoms with van der Waals surface area (Å²) < 4.78 is 5.37. The van der Waals surface area contributed by atoms with Crippen molar-refractivity contribution in [2.24, 2.45) is 0 Å². The maximum atomic E-state index is 12.5. The van der Waals surface area contributed by atoms with Crippen molar-refractivity contribution in [2.75, 3.05) is 13.1 Å². The fraction of sp³-hybridized carbons (Fsp3) is 0.529. The first-order valence-electron chi connectivity index (χ1n) is 8.00. The van der Waals surface area contributed by atoms with Crippen molar-refractivity contribution in [3.05, 3.63) is 35.9 Å². The number of likely N-dealkylation sites (tertiary alicyclic amines) is 1. The average Bonchev–Trinajstić information content (AvgIpc) is 3.24. The van der Waals surface area contributed by atoms with Crippen LogP contribution in [0.25, 0.3) is 0 Å². The highest BCUT2D eigenvalue weighted by molar-refractivity contribution is 5.92. The molecule has 0 spiro atoms. The number of benzene rings is 1. The highest BCUT2D eigenvalue weighted by Crippen LogP contribution is 2.22. The fourth-order valence-electron chi connectivity index (χ4n) is 3.24. The van der Waals surface area contributed by atoms with E-state index in [0.29, 0.717) is 6.54 Å². The quantitative estimate of drug-likeness (QED) is 0.925. The molecule has 2 aliphatic heterocycles. The van der Waals surface area contributed by atoms with E-state index in [1.54, 1.807) is 4.90 Å². The van der Waals surface area contributed by atoms with Crippen LogP contribution in [0.1, 0.15) is 31.2 Å². The summed E-state index contributed by atoms with van der Waals surface area (Å²) in [6, 6.07) is 9.18. The van der Waals surface area contributed by atoms with Gasteiger partial charge in [0.2, 0.25) is 0 Å². The molecule has 2 unspecified atom stereocenters. The first kappa shape index (κ1) is 15.0. The van der Waals surface area contributed by atoms with Crippen LogP contribution in [0.5, 0.6) is 0 Å². The van der Waals surface area contributed by atoms with Crippen LogP contribution in [0, 0.1) is 0 Å². The van der Waals surface area contributed by atoms with Gasteiger partial charge in [-0.2, -0.15) is 0 Å². The minimum atomic E-state index is -0.377. The fourth-order valence-corrected chi connectivity index (χ4v) is 3.24. The summed E-state index contributed by atoms with van der Waals surface area (Å²) in [7, 11) is 0. The Kier molecular flexibility index (Phi) is 4.73. The van der Waals surface area contributed by atoms with E-state index >= 15 is 0 Å². The van der Waals surface area contributed by atoms with Gasteiger partial charge in [-0.3, -0.25) is 9.69 Å². The zero-order chi connectivity index (χ0) is 15.4. The van der Waals surface area contributed by atoms with E-state index < -0.39 is 0 Å². The highest BCUT2D eigenvalue weighted by Gasteiger charge is 2.38. The van der Waals surface area contributed by atoms with Gasteiger partial charge in [0, 0.05) is 6.54 Å². The zero-order valence-corrected chi connectivity index (χ0v) is 12.7. The zero-order valence-electron chi connectivity index (χ0n) is 12.7. The molecule has 0 saturated carbocycles. The van der Waals surface area contributed by atoms with Crippen LogP contribution in [-0.4, -0.2) is 41.9 Å². The van der Waals surface area contributed by atoms with Crippen molar-refractivity contribution in [1.82, 2.24) is 10.2 Å². The molecule has 0 aromatic heterocycles. The predicted octanol–water partition coefficient (Wildman–Crippen LogP) is 2.11. The number of Topliss-reactive ketones (excluding diaryl/α,β-unsaturated/α-hetero) is 1. The number of nitrogens with zero attached hydrogens (tertiary/aromatic N) is 1. The van der Waals surface area contributed by atoms with Gasteiger partial charge in [-0.25, -0.2) is 4.79 Å². The maximum absolute atomic E-state index is 12.5. The Hall–Kier alpha value is -1.88. The summed E-state index contributed by atoms with van der Waals surface area (Å²) in [5.74, 6) is 0.145. The molecule has 1 aromatic rings. The third-order valence-electron chi connectivity index (χ3n) is 4.42. The monoisotopic (exact) mass is 302 g/mol. The second kappa shape index (κ2) is 6.92. The van der Waals surface area contributed by atoms with Crippen molar-refractivity contribution >= 4 is 11.9 Å². The number of nitrogens with one attached hydrogen (secondary N) is 1. The van der Waals surface area contributed by atoms with E-state index in [9.17, 15) is 9.59 Å². The lowest BCUT2D eigenvalue weighted by atomic mass is 10.0. The molecule has 1 aromatic carbocycles. The Morgan fingerprint density at radius 2 is 2.00 bits per heavy atom. The van der Waals surface area contributed by atoms with Crippen molar-refractivity contribution in [1.29, 1.82) is 0 Å². The standard InChI is InChI=1S/C17H22N2O3/c20-16(14-8-4-10-18-14)15-9-5-11-19(15)17(21)22-12-13-6-2-1-3-7-13/h1-3,6-7,14-15,18H,4-5,8-12H2. The van der Waals surface area contributed by atoms with E-state index in [2.05, 4.69) is 5.32 Å². The molecule has 1 N–H and O–H groups in total. The number of carbonyl (C=O) groups is 2. The van der Waals surface area contributed by atoms with Gasteiger partial charge in [0.1, 0.15) is 6.61 Å². The second-order valence-electron chi connectivity index (χ2n) is 5.94. The van der Waals surface area contributed by atoms with Gasteiger partial charge in [0.15, 0.2) is 5.78 Å². The van der Waals surface area contributed by atoms with E-state index in [1.807, 2.05) is 30.3 Å². The Morgan fingerprint density at radius 3 is 2.73 bits per heavy atom. The number of amides is 1. The van der Waals surface area contributed by atoms with Crippen LogP contribution < -0.4 is 5.32 Å². The molecule has 0 bridgehead atoms. The largest absolute Gasteiger partial charge is 0.445 e. The Morgan fingerprint density at radius 1 is 1.18 bits per heavy atom. The summed E-state index contributed by atoms with van der Waals surface area (Å²) in [4.78, 5) is 26.4. The summed E-state index contributed by atoms with van der Waals surface area (Å²) in [6.07, 6.45) is 3.14. The molecule has 5 heteroatoms. The first-order chi connectivity index (χ1) is 10.8. The van der Waals surface area contributed by atoms with Crippen molar-refractivity contribution in [2.45, 2.75) is 44.4 Å². The van der Waals surface area contributed by atoms with E-state index in [0.717, 1.165) is 37.8 Å². The molecular weight excluding hydrogens is 280 g/mol. The SMILES string of the molecule is O=C(C1CCCN1)C1CCCN1C(=O)OCc1ccccc1. The molecule has 0 aliphatic carbocycles. The molecular formula is C17H22N2O3. The lowest BCUT2D eigenvalue weighted by Crippen LogP contribution is -2.47. The van der Waals surface area contributed by atoms with E-state index in [1.165, 1.54) is 0 Å². The second-order valence-corrected chi connectivity index (χ2v) is 5.94. The number of carbonyl (C=O) groups excluding carboxylic acids is 2. The van der Waals surface area contributed by atoms with Crippen LogP contribution in [0.2, 0.25) is 0 Å². The first-order valence-corrected chi connectivity index (χ1v) is 8.00. The average molecular weight is 302 g/mol. The lowest BCUT2D eigenvalue weighted by Gasteiger charge is -2.25. The van der Waals surface area contributed by atoms with Crippen LogP contribution in [0.15, 0.2) is 30.3 Å². The summed E-state index contributed by atoms with van der Waals surface area (Å²) in [6.45, 7) is 1.75. The van der Waals surface area contributed by atoms with Crippen LogP contribution in [-0.2, 0) is 16.1 Å². The third kappa shape index (κ3) is 3.30. The van der Waals surface area contributed by atoms with Crippen molar-refractivity contribution in [3.63, 3.8) is 0 Å².